The van der Waals surface area contributed by atoms with E-state index in [0.29, 0.717) is 25.6 Å². The van der Waals surface area contributed by atoms with E-state index in [-0.39, 0.29) is 6.04 Å². The zero-order valence-electron chi connectivity index (χ0n) is 11.1. The van der Waals surface area contributed by atoms with Gasteiger partial charge in [0.15, 0.2) is 0 Å². The molecular weight excluding hydrogens is 238 g/mol. The highest BCUT2D eigenvalue weighted by atomic mass is 32.2. The minimum absolute atomic E-state index is 0.0342. The van der Waals surface area contributed by atoms with Gasteiger partial charge in [-0.15, -0.1) is 0 Å². The number of hydrogen-bond acceptors (Lipinski definition) is 3. The lowest BCUT2D eigenvalue weighted by atomic mass is 9.99. The Balaban J connectivity index is 2.68. The van der Waals surface area contributed by atoms with Crippen LogP contribution in [0.5, 0.6) is 0 Å². The summed E-state index contributed by atoms with van der Waals surface area (Å²) < 4.78 is 27.5. The van der Waals surface area contributed by atoms with Crippen LogP contribution in [-0.2, 0) is 10.2 Å². The van der Waals surface area contributed by atoms with Crippen LogP contribution in [0.1, 0.15) is 33.1 Å². The molecular formula is C11H25N3O2S. The molecule has 0 aromatic rings. The Morgan fingerprint density at radius 3 is 2.59 bits per heavy atom. The average molecular weight is 263 g/mol. The first-order valence-electron chi connectivity index (χ1n) is 6.35. The molecule has 17 heavy (non-hydrogen) atoms. The van der Waals surface area contributed by atoms with Crippen molar-refractivity contribution >= 4 is 10.2 Å². The van der Waals surface area contributed by atoms with Crippen molar-refractivity contribution in [1.82, 2.24) is 8.61 Å². The number of hydrogen-bond donors (Lipinski definition) is 1. The Morgan fingerprint density at radius 2 is 2.06 bits per heavy atom. The van der Waals surface area contributed by atoms with Gasteiger partial charge >= 0.3 is 0 Å². The molecule has 0 bridgehead atoms. The minimum atomic E-state index is -3.31. The molecule has 2 unspecified atom stereocenters. The fraction of sp³-hybridized carbons (Fsp3) is 1.00. The second kappa shape index (κ2) is 6.13. The number of nitrogens with zero attached hydrogens (tertiary/aromatic N) is 2. The molecule has 2 atom stereocenters. The van der Waals surface area contributed by atoms with Gasteiger partial charge in [0.25, 0.3) is 10.2 Å². The highest BCUT2D eigenvalue weighted by molar-refractivity contribution is 7.86. The second-order valence-corrected chi connectivity index (χ2v) is 7.14. The summed E-state index contributed by atoms with van der Waals surface area (Å²) in [5, 5.41) is 0. The van der Waals surface area contributed by atoms with E-state index in [9.17, 15) is 8.42 Å². The molecule has 0 aromatic carbocycles. The van der Waals surface area contributed by atoms with E-state index in [0.717, 1.165) is 19.3 Å². The number of piperidine rings is 1. The molecule has 5 nitrogen and oxygen atoms in total. The Bertz CT molecular complexity index is 322. The molecule has 0 saturated carbocycles. The van der Waals surface area contributed by atoms with E-state index in [2.05, 4.69) is 6.92 Å². The maximum atomic E-state index is 12.3. The SMILES string of the molecule is CCCCN(C)S(=O)(=O)N1CC(C)CC(N)C1. The lowest BCUT2D eigenvalue weighted by Crippen LogP contribution is -2.52. The van der Waals surface area contributed by atoms with Crippen molar-refractivity contribution in [3.8, 4) is 0 Å². The molecule has 1 fully saturated rings. The summed E-state index contributed by atoms with van der Waals surface area (Å²) in [5.74, 6) is 0.341. The third-order valence-electron chi connectivity index (χ3n) is 3.21. The van der Waals surface area contributed by atoms with Gasteiger partial charge in [0, 0.05) is 32.7 Å². The molecule has 0 spiro atoms. The first-order chi connectivity index (χ1) is 7.87. The van der Waals surface area contributed by atoms with Gasteiger partial charge in [0.05, 0.1) is 0 Å². The van der Waals surface area contributed by atoms with E-state index in [1.807, 2.05) is 6.92 Å². The van der Waals surface area contributed by atoms with Crippen molar-refractivity contribution < 1.29 is 8.42 Å². The molecule has 1 rings (SSSR count). The predicted octanol–water partition coefficient (Wildman–Crippen LogP) is 0.632. The van der Waals surface area contributed by atoms with E-state index in [1.165, 1.54) is 8.61 Å². The van der Waals surface area contributed by atoms with Gasteiger partial charge in [0.2, 0.25) is 0 Å². The smallest absolute Gasteiger partial charge is 0.281 e. The van der Waals surface area contributed by atoms with Crippen molar-refractivity contribution in [3.05, 3.63) is 0 Å². The van der Waals surface area contributed by atoms with E-state index in [4.69, 9.17) is 5.73 Å². The summed E-state index contributed by atoms with van der Waals surface area (Å²) in [4.78, 5) is 0. The van der Waals surface area contributed by atoms with Gasteiger partial charge < -0.3 is 5.73 Å². The van der Waals surface area contributed by atoms with Crippen LogP contribution in [0.25, 0.3) is 0 Å². The van der Waals surface area contributed by atoms with Crippen LogP contribution in [0.4, 0.5) is 0 Å². The zero-order valence-corrected chi connectivity index (χ0v) is 11.9. The summed E-state index contributed by atoms with van der Waals surface area (Å²) in [6.07, 6.45) is 2.80. The summed E-state index contributed by atoms with van der Waals surface area (Å²) >= 11 is 0. The predicted molar refractivity (Wildman–Crippen MR) is 69.8 cm³/mol. The molecule has 2 N–H and O–H groups in total. The van der Waals surface area contributed by atoms with Crippen LogP contribution in [0.3, 0.4) is 0 Å². The summed E-state index contributed by atoms with van der Waals surface area (Å²) in [6, 6.07) is -0.0342. The van der Waals surface area contributed by atoms with Gasteiger partial charge in [-0.25, -0.2) is 0 Å². The minimum Gasteiger partial charge on any atom is -0.326 e. The molecule has 0 amide bonds. The first kappa shape index (κ1) is 14.9. The maximum Gasteiger partial charge on any atom is 0.281 e. The van der Waals surface area contributed by atoms with Crippen LogP contribution in [0, 0.1) is 5.92 Å². The summed E-state index contributed by atoms with van der Waals surface area (Å²) in [6.45, 7) is 5.72. The van der Waals surface area contributed by atoms with Gasteiger partial charge in [-0.1, -0.05) is 20.3 Å². The highest BCUT2D eigenvalue weighted by Gasteiger charge is 2.32. The first-order valence-corrected chi connectivity index (χ1v) is 7.74. The Hall–Kier alpha value is -0.170. The van der Waals surface area contributed by atoms with E-state index in [1.54, 1.807) is 7.05 Å². The van der Waals surface area contributed by atoms with Crippen LogP contribution in [0.15, 0.2) is 0 Å². The van der Waals surface area contributed by atoms with Gasteiger partial charge in [-0.3, -0.25) is 0 Å². The van der Waals surface area contributed by atoms with Gasteiger partial charge in [-0.2, -0.15) is 17.0 Å². The van der Waals surface area contributed by atoms with Crippen LogP contribution < -0.4 is 5.73 Å². The third kappa shape index (κ3) is 3.91. The molecule has 0 aromatic heterocycles. The lowest BCUT2D eigenvalue weighted by Gasteiger charge is -2.36. The molecule has 1 aliphatic rings. The van der Waals surface area contributed by atoms with Crippen LogP contribution in [0.2, 0.25) is 0 Å². The lowest BCUT2D eigenvalue weighted by molar-refractivity contribution is 0.240. The Kier molecular flexibility index (Phi) is 5.37. The molecule has 102 valence electrons. The monoisotopic (exact) mass is 263 g/mol. The van der Waals surface area contributed by atoms with Crippen molar-refractivity contribution in [2.45, 2.75) is 39.2 Å². The highest BCUT2D eigenvalue weighted by Crippen LogP contribution is 2.19. The second-order valence-electron chi connectivity index (χ2n) is 5.10. The Morgan fingerprint density at radius 1 is 1.41 bits per heavy atom. The van der Waals surface area contributed by atoms with Crippen LogP contribution in [-0.4, -0.2) is 49.8 Å². The molecule has 1 aliphatic heterocycles. The largest absolute Gasteiger partial charge is 0.326 e. The number of unbranched alkanes of at least 4 members (excludes halogenated alkanes) is 1. The van der Waals surface area contributed by atoms with Gasteiger partial charge in [0.1, 0.15) is 0 Å². The van der Waals surface area contributed by atoms with Crippen molar-refractivity contribution in [1.29, 1.82) is 0 Å². The molecule has 0 radical (unpaired) electrons. The average Bonchev–Trinajstić information content (AvgIpc) is 2.24. The van der Waals surface area contributed by atoms with E-state index >= 15 is 0 Å². The van der Waals surface area contributed by atoms with Crippen LogP contribution >= 0.6 is 0 Å². The maximum absolute atomic E-state index is 12.3. The molecule has 1 saturated heterocycles. The zero-order chi connectivity index (χ0) is 13.1. The number of nitrogens with two attached hydrogens (primary N) is 1. The van der Waals surface area contributed by atoms with Crippen molar-refractivity contribution in [2.24, 2.45) is 11.7 Å². The fourth-order valence-corrected chi connectivity index (χ4v) is 3.81. The van der Waals surface area contributed by atoms with Gasteiger partial charge in [-0.05, 0) is 18.8 Å². The quantitative estimate of drug-likeness (QED) is 0.791. The van der Waals surface area contributed by atoms with Crippen molar-refractivity contribution in [3.63, 3.8) is 0 Å². The third-order valence-corrected chi connectivity index (χ3v) is 5.13. The normalized spacial score (nSPS) is 27.6. The fourth-order valence-electron chi connectivity index (χ4n) is 2.23. The summed E-state index contributed by atoms with van der Waals surface area (Å²) in [5.41, 5.74) is 5.89. The summed E-state index contributed by atoms with van der Waals surface area (Å²) in [7, 11) is -1.66. The molecule has 1 heterocycles. The standard InChI is InChI=1S/C11H25N3O2S/c1-4-5-6-13(3)17(15,16)14-8-10(2)7-11(12)9-14/h10-11H,4-9,12H2,1-3H3. The van der Waals surface area contributed by atoms with E-state index < -0.39 is 10.2 Å². The molecule has 6 heteroatoms. The number of rotatable bonds is 5. The molecule has 0 aliphatic carbocycles. The Labute approximate surface area is 105 Å². The topological polar surface area (TPSA) is 66.6 Å². The van der Waals surface area contributed by atoms with Crippen molar-refractivity contribution in [2.75, 3.05) is 26.7 Å².